The summed E-state index contributed by atoms with van der Waals surface area (Å²) < 4.78 is 72.4. The van der Waals surface area contributed by atoms with E-state index in [-0.39, 0.29) is 84.2 Å². The molecule has 0 unspecified atom stereocenters. The standard InChI is InChI=1S/C33H32F4N6O4/c1-6-25(44)41-15-19(5)42(16-18(41)4)30-20-14-22(34)28-26-21(33(35,36)37)8-7-9-23(26)46-12-13-47-24-10-11-38-27(17(2)3)29(24)43(31(20)39-28)32(45)40-30/h6-11,14,17-19H,1,12-13,15-16H2,2-5H3/t18-,19+/m1/s1. The van der Waals surface area contributed by atoms with Crippen molar-refractivity contribution < 1.29 is 31.8 Å². The summed E-state index contributed by atoms with van der Waals surface area (Å²) in [4.78, 5) is 43.5. The van der Waals surface area contributed by atoms with Crippen LogP contribution in [0.25, 0.3) is 28.0 Å². The zero-order chi connectivity index (χ0) is 33.8. The minimum absolute atomic E-state index is 0.0712. The molecule has 2 aliphatic heterocycles. The lowest BCUT2D eigenvalue weighted by Crippen LogP contribution is -2.58. The molecule has 1 saturated heterocycles. The maximum atomic E-state index is 16.3. The number of halogens is 4. The van der Waals surface area contributed by atoms with Gasteiger partial charge in [0, 0.05) is 37.4 Å². The third-order valence-corrected chi connectivity index (χ3v) is 8.37. The number of hydrogen-bond donors (Lipinski definition) is 0. The second-order valence-corrected chi connectivity index (χ2v) is 11.9. The second kappa shape index (κ2) is 12.0. The van der Waals surface area contributed by atoms with Gasteiger partial charge in [0.25, 0.3) is 0 Å². The molecule has 1 aromatic carbocycles. The van der Waals surface area contributed by atoms with Crippen molar-refractivity contribution in [2.75, 3.05) is 31.2 Å². The maximum Gasteiger partial charge on any atom is 0.417 e. The number of piperazine rings is 1. The van der Waals surface area contributed by atoms with Crippen molar-refractivity contribution in [2.45, 2.75) is 51.9 Å². The SMILES string of the molecule is C=CC(=O)N1C[C@H](C)N(c2nc(=O)n3c4nc(c(F)cc24)-c2c(cccc2C(F)(F)F)OCCOc2ccnc(C(C)C)c2-3)C[C@H]1C. The molecule has 2 aliphatic rings. The Bertz CT molecular complexity index is 1960. The quantitative estimate of drug-likeness (QED) is 0.211. The second-order valence-electron chi connectivity index (χ2n) is 11.9. The topological polar surface area (TPSA) is 103 Å². The molecule has 2 bridgehead atoms. The summed E-state index contributed by atoms with van der Waals surface area (Å²) in [6, 6.07) is 5.17. The van der Waals surface area contributed by atoms with Gasteiger partial charge in [-0.25, -0.2) is 18.7 Å². The first-order valence-electron chi connectivity index (χ1n) is 15.1. The molecular weight excluding hydrogens is 620 g/mol. The van der Waals surface area contributed by atoms with E-state index in [9.17, 15) is 22.8 Å². The van der Waals surface area contributed by atoms with Crippen molar-refractivity contribution in [3.05, 3.63) is 76.7 Å². The molecule has 10 nitrogen and oxygen atoms in total. The van der Waals surface area contributed by atoms with Crippen LogP contribution in [0.2, 0.25) is 0 Å². The van der Waals surface area contributed by atoms with Crippen molar-refractivity contribution in [1.82, 2.24) is 24.4 Å². The lowest BCUT2D eigenvalue weighted by molar-refractivity contribution is -0.137. The van der Waals surface area contributed by atoms with E-state index in [1.54, 1.807) is 15.9 Å². The third kappa shape index (κ3) is 5.55. The Hall–Kier alpha value is -5.01. The first-order chi connectivity index (χ1) is 22.3. The molecular formula is C33H32F4N6O4. The van der Waals surface area contributed by atoms with Gasteiger partial charge < -0.3 is 19.3 Å². The third-order valence-electron chi connectivity index (χ3n) is 8.37. The van der Waals surface area contributed by atoms with E-state index in [4.69, 9.17) is 9.47 Å². The predicted octanol–water partition coefficient (Wildman–Crippen LogP) is 5.51. The van der Waals surface area contributed by atoms with E-state index < -0.39 is 34.5 Å². The fraction of sp³-hybridized carbons (Fsp3) is 0.364. The monoisotopic (exact) mass is 652 g/mol. The van der Waals surface area contributed by atoms with Gasteiger partial charge in [-0.1, -0.05) is 26.5 Å². The Kier molecular flexibility index (Phi) is 8.14. The number of carbonyl (C=O) groups excluding carboxylic acids is 1. The van der Waals surface area contributed by atoms with Crippen molar-refractivity contribution in [1.29, 1.82) is 0 Å². The summed E-state index contributed by atoms with van der Waals surface area (Å²) in [5.74, 6) is -1.51. The highest BCUT2D eigenvalue weighted by Gasteiger charge is 2.38. The molecule has 2 atom stereocenters. The first kappa shape index (κ1) is 32.0. The number of fused-ring (bicyclic) bond motifs is 5. The minimum Gasteiger partial charge on any atom is -0.489 e. The Morgan fingerprint density at radius 1 is 1.06 bits per heavy atom. The number of rotatable bonds is 3. The smallest absolute Gasteiger partial charge is 0.417 e. The zero-order valence-corrected chi connectivity index (χ0v) is 26.1. The molecule has 0 saturated carbocycles. The average molecular weight is 653 g/mol. The predicted molar refractivity (Wildman–Crippen MR) is 167 cm³/mol. The van der Waals surface area contributed by atoms with Gasteiger partial charge in [0.15, 0.2) is 11.5 Å². The molecule has 0 spiro atoms. The van der Waals surface area contributed by atoms with Gasteiger partial charge in [-0.05, 0) is 44.0 Å². The normalized spacial score (nSPS) is 18.1. The highest BCUT2D eigenvalue weighted by atomic mass is 19.4. The number of amides is 1. The van der Waals surface area contributed by atoms with Gasteiger partial charge in [-0.3, -0.25) is 9.78 Å². The molecule has 1 fully saturated rings. The van der Waals surface area contributed by atoms with Crippen LogP contribution in [0.4, 0.5) is 23.4 Å². The van der Waals surface area contributed by atoms with Crippen LogP contribution in [0.5, 0.6) is 11.5 Å². The summed E-state index contributed by atoms with van der Waals surface area (Å²) in [6.45, 7) is 11.1. The molecule has 5 heterocycles. The number of benzene rings is 1. The van der Waals surface area contributed by atoms with Crippen LogP contribution < -0.4 is 20.1 Å². The number of pyridine rings is 2. The largest absolute Gasteiger partial charge is 0.489 e. The molecule has 6 rings (SSSR count). The highest BCUT2D eigenvalue weighted by molar-refractivity contribution is 5.92. The molecule has 0 N–H and O–H groups in total. The van der Waals surface area contributed by atoms with Crippen LogP contribution >= 0.6 is 0 Å². The first-order valence-corrected chi connectivity index (χ1v) is 15.1. The Morgan fingerprint density at radius 2 is 1.79 bits per heavy atom. The molecule has 14 heteroatoms. The van der Waals surface area contributed by atoms with Crippen LogP contribution in [0, 0.1) is 5.82 Å². The lowest BCUT2D eigenvalue weighted by atomic mass is 10.0. The zero-order valence-electron chi connectivity index (χ0n) is 26.1. The number of aromatic nitrogens is 4. The van der Waals surface area contributed by atoms with Crippen LogP contribution in [-0.4, -0.2) is 68.7 Å². The maximum absolute atomic E-state index is 16.3. The van der Waals surface area contributed by atoms with Gasteiger partial charge in [0.1, 0.15) is 41.9 Å². The Labute approximate surface area is 267 Å². The summed E-state index contributed by atoms with van der Waals surface area (Å²) >= 11 is 0. The average Bonchev–Trinajstić information content (AvgIpc) is 3.02. The van der Waals surface area contributed by atoms with Gasteiger partial charge in [-0.15, -0.1) is 0 Å². The van der Waals surface area contributed by atoms with E-state index in [1.165, 1.54) is 24.4 Å². The van der Waals surface area contributed by atoms with Crippen LogP contribution in [-0.2, 0) is 11.0 Å². The molecule has 4 aromatic rings. The molecule has 0 radical (unpaired) electrons. The number of nitrogens with zero attached hydrogens (tertiary/aromatic N) is 6. The Morgan fingerprint density at radius 3 is 2.47 bits per heavy atom. The molecule has 3 aromatic heterocycles. The lowest BCUT2D eigenvalue weighted by Gasteiger charge is -2.44. The number of carbonyl (C=O) groups is 1. The van der Waals surface area contributed by atoms with Crippen molar-refractivity contribution in [3.63, 3.8) is 0 Å². The number of anilines is 1. The van der Waals surface area contributed by atoms with Crippen molar-refractivity contribution in [3.8, 4) is 28.4 Å². The molecule has 1 amide bonds. The number of ether oxygens (including phenoxy) is 2. The molecule has 246 valence electrons. The number of alkyl halides is 3. The van der Waals surface area contributed by atoms with Crippen LogP contribution in [0.3, 0.4) is 0 Å². The van der Waals surface area contributed by atoms with Crippen LogP contribution in [0.15, 0.2) is 54.0 Å². The highest BCUT2D eigenvalue weighted by Crippen LogP contribution is 2.44. The molecule has 47 heavy (non-hydrogen) atoms. The fourth-order valence-electron chi connectivity index (χ4n) is 6.20. The summed E-state index contributed by atoms with van der Waals surface area (Å²) in [7, 11) is 0. The fourth-order valence-corrected chi connectivity index (χ4v) is 6.20. The minimum atomic E-state index is -4.89. The van der Waals surface area contributed by atoms with E-state index in [1.807, 2.05) is 27.7 Å². The Balaban J connectivity index is 1.72. The van der Waals surface area contributed by atoms with E-state index in [2.05, 4.69) is 21.5 Å². The van der Waals surface area contributed by atoms with Crippen LogP contribution in [0.1, 0.15) is 44.9 Å². The van der Waals surface area contributed by atoms with Crippen molar-refractivity contribution in [2.24, 2.45) is 0 Å². The summed E-state index contributed by atoms with van der Waals surface area (Å²) in [6.07, 6.45) is -2.14. The van der Waals surface area contributed by atoms with Crippen molar-refractivity contribution >= 4 is 22.8 Å². The number of hydrogen-bond acceptors (Lipinski definition) is 8. The summed E-state index contributed by atoms with van der Waals surface area (Å²) in [5.41, 5.74) is -2.76. The molecule has 0 aliphatic carbocycles. The van der Waals surface area contributed by atoms with Gasteiger partial charge >= 0.3 is 11.9 Å². The van der Waals surface area contributed by atoms with Gasteiger partial charge in [0.2, 0.25) is 5.91 Å². The van der Waals surface area contributed by atoms with E-state index in [0.717, 1.165) is 16.7 Å². The van der Waals surface area contributed by atoms with E-state index >= 15 is 4.39 Å². The van der Waals surface area contributed by atoms with Gasteiger partial charge in [-0.2, -0.15) is 18.2 Å². The van der Waals surface area contributed by atoms with Gasteiger partial charge in [0.05, 0.1) is 22.2 Å². The summed E-state index contributed by atoms with van der Waals surface area (Å²) in [5, 5.41) is 0.0712. The van der Waals surface area contributed by atoms with E-state index in [0.29, 0.717) is 5.69 Å².